The molecule has 0 saturated carbocycles. The van der Waals surface area contributed by atoms with Crippen molar-refractivity contribution in [2.75, 3.05) is 18.0 Å². The van der Waals surface area contributed by atoms with Gasteiger partial charge < -0.3 is 10.7 Å². The molecule has 1 aliphatic rings. The van der Waals surface area contributed by atoms with Gasteiger partial charge in [-0.05, 0) is 49.1 Å². The predicted octanol–water partition coefficient (Wildman–Crippen LogP) is 2.62. The largest absolute Gasteiger partial charge is 0.372 e. The Morgan fingerprint density at radius 3 is 2.66 bits per heavy atom. The molecule has 1 fully saturated rings. The fraction of sp³-hybridized carbons (Fsp3) is 0.273. The molecule has 148 valence electrons. The summed E-state index contributed by atoms with van der Waals surface area (Å²) in [5.41, 5.74) is 3.50. The molecule has 1 aromatic carbocycles. The lowest BCUT2D eigenvalue weighted by Gasteiger charge is -2.28. The number of aromatic nitrogens is 2. The minimum absolute atomic E-state index is 0.187. The minimum atomic E-state index is -0.187. The molecule has 1 aliphatic heterocycles. The van der Waals surface area contributed by atoms with Gasteiger partial charge in [-0.25, -0.2) is 4.98 Å². The number of anilines is 1. The van der Waals surface area contributed by atoms with Crippen LogP contribution in [0.5, 0.6) is 0 Å². The smallest absolute Gasteiger partial charge is 0.258 e. The van der Waals surface area contributed by atoms with E-state index in [-0.39, 0.29) is 5.56 Å². The van der Waals surface area contributed by atoms with Crippen LogP contribution in [0.1, 0.15) is 30.5 Å². The molecule has 7 nitrogen and oxygen atoms in total. The number of rotatable bonds is 5. The summed E-state index contributed by atoms with van der Waals surface area (Å²) in [5.74, 6) is 5.52. The summed E-state index contributed by atoms with van der Waals surface area (Å²) in [6, 6.07) is 15.3. The van der Waals surface area contributed by atoms with Crippen LogP contribution < -0.4 is 16.3 Å². The third kappa shape index (κ3) is 4.34. The van der Waals surface area contributed by atoms with Crippen molar-refractivity contribution < 1.29 is 0 Å². The zero-order valence-corrected chi connectivity index (χ0v) is 16.2. The molecule has 0 bridgehead atoms. The van der Waals surface area contributed by atoms with Gasteiger partial charge in [-0.3, -0.25) is 14.2 Å². The zero-order valence-electron chi connectivity index (χ0n) is 16.2. The van der Waals surface area contributed by atoms with E-state index < -0.39 is 0 Å². The van der Waals surface area contributed by atoms with E-state index in [1.165, 1.54) is 35.4 Å². The third-order valence-electron chi connectivity index (χ3n) is 5.12. The van der Waals surface area contributed by atoms with Gasteiger partial charge in [0.05, 0.1) is 18.5 Å². The van der Waals surface area contributed by atoms with Crippen molar-refractivity contribution in [1.82, 2.24) is 9.38 Å². The number of hydrogen-bond acceptors (Lipinski definition) is 6. The molecule has 0 spiro atoms. The van der Waals surface area contributed by atoms with Crippen LogP contribution in [0.3, 0.4) is 0 Å². The Bertz CT molecular complexity index is 1090. The van der Waals surface area contributed by atoms with Gasteiger partial charge in [0.15, 0.2) is 0 Å². The van der Waals surface area contributed by atoms with Crippen molar-refractivity contribution in [3.05, 3.63) is 76.3 Å². The number of piperidine rings is 1. The molecule has 3 heterocycles. The van der Waals surface area contributed by atoms with E-state index in [9.17, 15) is 4.79 Å². The number of pyridine rings is 1. The molecular formula is C22H24N6O. The Morgan fingerprint density at radius 1 is 1.10 bits per heavy atom. The van der Waals surface area contributed by atoms with Crippen molar-refractivity contribution in [1.29, 1.82) is 0 Å². The summed E-state index contributed by atoms with van der Waals surface area (Å²) in [4.78, 5) is 23.6. The summed E-state index contributed by atoms with van der Waals surface area (Å²) in [6.07, 6.45) is 7.10. The number of hydrazone groups is 1. The van der Waals surface area contributed by atoms with Crippen LogP contribution in [-0.2, 0) is 6.54 Å². The van der Waals surface area contributed by atoms with Crippen molar-refractivity contribution in [3.63, 3.8) is 0 Å². The quantitative estimate of drug-likeness (QED) is 0.413. The first-order chi connectivity index (χ1) is 14.2. The first-order valence-electron chi connectivity index (χ1n) is 9.85. The summed E-state index contributed by atoms with van der Waals surface area (Å²) >= 11 is 0. The van der Waals surface area contributed by atoms with Crippen LogP contribution in [-0.4, -0.2) is 34.4 Å². The van der Waals surface area contributed by atoms with Gasteiger partial charge in [-0.15, -0.1) is 0 Å². The average molecular weight is 388 g/mol. The Hall–Kier alpha value is -3.48. The highest BCUT2D eigenvalue weighted by molar-refractivity contribution is 6.37. The Kier molecular flexibility index (Phi) is 5.65. The molecule has 29 heavy (non-hydrogen) atoms. The first-order valence-corrected chi connectivity index (χ1v) is 9.85. The second-order valence-electron chi connectivity index (χ2n) is 7.11. The lowest BCUT2D eigenvalue weighted by Crippen LogP contribution is -2.29. The second-order valence-corrected chi connectivity index (χ2v) is 7.11. The maximum Gasteiger partial charge on any atom is 0.258 e. The van der Waals surface area contributed by atoms with Crippen LogP contribution in [0.4, 0.5) is 5.69 Å². The lowest BCUT2D eigenvalue weighted by molar-refractivity contribution is 0.578. The Balaban J connectivity index is 1.46. The van der Waals surface area contributed by atoms with E-state index in [0.29, 0.717) is 23.6 Å². The third-order valence-corrected chi connectivity index (χ3v) is 5.12. The number of nitrogens with zero attached hydrogens (tertiary/aromatic N) is 5. The molecule has 2 N–H and O–H groups in total. The van der Waals surface area contributed by atoms with Crippen LogP contribution >= 0.6 is 0 Å². The number of hydrogen-bond donors (Lipinski definition) is 1. The SMILES string of the molecule is N/N=C(\C=NCc1ccc(N2CCCCC2)cc1)c1cc(=O)n2ccccc2n1. The van der Waals surface area contributed by atoms with Crippen molar-refractivity contribution in [2.45, 2.75) is 25.8 Å². The molecule has 7 heteroatoms. The normalized spacial score (nSPS) is 15.3. The monoisotopic (exact) mass is 388 g/mol. The van der Waals surface area contributed by atoms with Crippen LogP contribution in [0.2, 0.25) is 0 Å². The number of benzene rings is 1. The summed E-state index contributed by atoms with van der Waals surface area (Å²) in [6.45, 7) is 2.77. The van der Waals surface area contributed by atoms with Crippen molar-refractivity contribution in [2.24, 2.45) is 15.9 Å². The molecule has 0 atom stereocenters. The predicted molar refractivity (Wildman–Crippen MR) is 117 cm³/mol. The standard InChI is InChI=1S/C22H24N6O/c23-26-20(19-14-22(29)28-13-5-2-6-21(28)25-19)16-24-15-17-7-9-18(10-8-17)27-11-3-1-4-12-27/h2,5-10,13-14,16H,1,3-4,11-12,15,23H2/b24-16?,26-20+. The van der Waals surface area contributed by atoms with Gasteiger partial charge in [0.1, 0.15) is 11.4 Å². The number of aliphatic imine (C=N–C) groups is 1. The molecule has 3 aromatic rings. The van der Waals surface area contributed by atoms with E-state index in [1.807, 2.05) is 6.07 Å². The number of nitrogens with two attached hydrogens (primary N) is 1. The number of fused-ring (bicyclic) bond motifs is 1. The van der Waals surface area contributed by atoms with E-state index in [0.717, 1.165) is 18.7 Å². The fourth-order valence-corrected chi connectivity index (χ4v) is 3.55. The highest BCUT2D eigenvalue weighted by Gasteiger charge is 2.10. The maximum atomic E-state index is 12.3. The molecule has 2 aromatic heterocycles. The Morgan fingerprint density at radius 2 is 1.90 bits per heavy atom. The molecule has 4 rings (SSSR count). The summed E-state index contributed by atoms with van der Waals surface area (Å²) < 4.78 is 1.47. The summed E-state index contributed by atoms with van der Waals surface area (Å²) in [5, 5.41) is 3.76. The highest BCUT2D eigenvalue weighted by atomic mass is 16.1. The van der Waals surface area contributed by atoms with E-state index in [1.54, 1.807) is 24.5 Å². The van der Waals surface area contributed by atoms with Gasteiger partial charge in [-0.1, -0.05) is 18.2 Å². The topological polar surface area (TPSA) is 88.3 Å². The van der Waals surface area contributed by atoms with Crippen LogP contribution in [0.15, 0.2) is 69.6 Å². The average Bonchev–Trinajstić information content (AvgIpc) is 2.78. The molecule has 0 aliphatic carbocycles. The second kappa shape index (κ2) is 8.68. The molecule has 0 radical (unpaired) electrons. The van der Waals surface area contributed by atoms with Crippen molar-refractivity contribution >= 4 is 23.3 Å². The van der Waals surface area contributed by atoms with Gasteiger partial charge in [0, 0.05) is 31.0 Å². The van der Waals surface area contributed by atoms with E-state index in [4.69, 9.17) is 5.84 Å². The first kappa shape index (κ1) is 18.9. The molecular weight excluding hydrogens is 364 g/mol. The van der Waals surface area contributed by atoms with Crippen LogP contribution in [0, 0.1) is 0 Å². The van der Waals surface area contributed by atoms with Gasteiger partial charge in [0.2, 0.25) is 0 Å². The van der Waals surface area contributed by atoms with Gasteiger partial charge in [-0.2, -0.15) is 5.10 Å². The molecule has 0 unspecified atom stereocenters. The van der Waals surface area contributed by atoms with Gasteiger partial charge in [0.25, 0.3) is 5.56 Å². The summed E-state index contributed by atoms with van der Waals surface area (Å²) in [7, 11) is 0. The molecule has 0 amide bonds. The highest BCUT2D eigenvalue weighted by Crippen LogP contribution is 2.20. The van der Waals surface area contributed by atoms with E-state index in [2.05, 4.69) is 44.2 Å². The minimum Gasteiger partial charge on any atom is -0.372 e. The van der Waals surface area contributed by atoms with Crippen molar-refractivity contribution in [3.8, 4) is 0 Å². The van der Waals surface area contributed by atoms with Gasteiger partial charge >= 0.3 is 0 Å². The Labute approximate surface area is 169 Å². The van der Waals surface area contributed by atoms with Crippen LogP contribution in [0.25, 0.3) is 5.65 Å². The molecule has 1 saturated heterocycles. The lowest BCUT2D eigenvalue weighted by atomic mass is 10.1. The fourth-order valence-electron chi connectivity index (χ4n) is 3.55. The van der Waals surface area contributed by atoms with E-state index >= 15 is 0 Å². The maximum absolute atomic E-state index is 12.3. The zero-order chi connectivity index (χ0) is 20.1.